The minimum absolute atomic E-state index is 0.110. The normalized spacial score (nSPS) is 16.9. The molecule has 0 spiro atoms. The molecule has 1 aliphatic heterocycles. The molecule has 3 heterocycles. The molecule has 0 bridgehead atoms. The molecule has 138 valence electrons. The zero-order valence-corrected chi connectivity index (χ0v) is 15.0. The molecule has 0 radical (unpaired) electrons. The number of hydrogen-bond donors (Lipinski definition) is 0. The quantitative estimate of drug-likeness (QED) is 0.704. The Morgan fingerprint density at radius 2 is 2.11 bits per heavy atom. The van der Waals surface area contributed by atoms with Crippen LogP contribution in [0.1, 0.15) is 40.7 Å². The Bertz CT molecular complexity index is 926. The molecule has 1 amide bonds. The number of aromatic nitrogens is 3. The molecule has 2 aromatic heterocycles. The van der Waals surface area contributed by atoms with Crippen molar-refractivity contribution in [2.24, 2.45) is 0 Å². The molecular weight excluding hydrogens is 344 g/mol. The lowest BCUT2D eigenvalue weighted by atomic mass is 9.95. The number of hydrogen-bond acceptors (Lipinski definition) is 6. The summed E-state index contributed by atoms with van der Waals surface area (Å²) in [6, 6.07) is 11.1. The molecule has 0 aliphatic carbocycles. The van der Waals surface area contributed by atoms with E-state index in [1.807, 2.05) is 30.3 Å². The minimum Gasteiger partial charge on any atom is -0.437 e. The number of ether oxygens (including phenoxy) is 1. The summed E-state index contributed by atoms with van der Waals surface area (Å²) in [5.74, 6) is 1.80. The summed E-state index contributed by atoms with van der Waals surface area (Å²) in [6.45, 7) is 3.06. The molecule has 7 heteroatoms. The maximum Gasteiger partial charge on any atom is 0.276 e. The van der Waals surface area contributed by atoms with E-state index in [1.165, 1.54) is 0 Å². The Morgan fingerprint density at radius 3 is 2.89 bits per heavy atom. The second-order valence-corrected chi connectivity index (χ2v) is 6.61. The van der Waals surface area contributed by atoms with E-state index in [0.717, 1.165) is 18.5 Å². The molecule has 1 atom stereocenters. The van der Waals surface area contributed by atoms with E-state index < -0.39 is 0 Å². The number of likely N-dealkylation sites (tertiary alicyclic amines) is 1. The summed E-state index contributed by atoms with van der Waals surface area (Å²) in [5.41, 5.74) is 1.18. The third-order valence-electron chi connectivity index (χ3n) is 4.57. The van der Waals surface area contributed by atoms with Crippen molar-refractivity contribution < 1.29 is 14.1 Å². The number of carbonyl (C=O) groups is 1. The van der Waals surface area contributed by atoms with Gasteiger partial charge in [-0.2, -0.15) is 0 Å². The van der Waals surface area contributed by atoms with E-state index >= 15 is 0 Å². The lowest BCUT2D eigenvalue weighted by molar-refractivity contribution is 0.0695. The SMILES string of the molecule is Cc1cc(C(=O)N2CCC[C@H](c3cncc(Oc4ccccc4)n3)C2)no1. The predicted octanol–water partition coefficient (Wildman–Crippen LogP) is 3.59. The monoisotopic (exact) mass is 364 g/mol. The number of carbonyl (C=O) groups excluding carboxylic acids is 1. The molecule has 7 nitrogen and oxygen atoms in total. The van der Waals surface area contributed by atoms with Crippen molar-refractivity contribution in [1.82, 2.24) is 20.0 Å². The lowest BCUT2D eigenvalue weighted by Gasteiger charge is -2.31. The van der Waals surface area contributed by atoms with Crippen LogP contribution in [0.5, 0.6) is 11.6 Å². The molecule has 1 aliphatic rings. The van der Waals surface area contributed by atoms with E-state index in [4.69, 9.17) is 9.26 Å². The Morgan fingerprint density at radius 1 is 1.26 bits per heavy atom. The fourth-order valence-electron chi connectivity index (χ4n) is 3.25. The summed E-state index contributed by atoms with van der Waals surface area (Å²) in [6.07, 6.45) is 5.20. The molecule has 1 saturated heterocycles. The van der Waals surface area contributed by atoms with Gasteiger partial charge in [0.15, 0.2) is 5.69 Å². The average Bonchev–Trinajstić information content (AvgIpc) is 3.15. The number of benzene rings is 1. The van der Waals surface area contributed by atoms with Crippen LogP contribution in [0.2, 0.25) is 0 Å². The van der Waals surface area contributed by atoms with Crippen LogP contribution in [0.4, 0.5) is 0 Å². The van der Waals surface area contributed by atoms with E-state index in [-0.39, 0.29) is 11.8 Å². The van der Waals surface area contributed by atoms with Gasteiger partial charge in [-0.1, -0.05) is 23.4 Å². The van der Waals surface area contributed by atoms with Gasteiger partial charge in [0.1, 0.15) is 11.5 Å². The van der Waals surface area contributed by atoms with Crippen LogP contribution < -0.4 is 4.74 Å². The highest BCUT2D eigenvalue weighted by molar-refractivity contribution is 5.92. The second-order valence-electron chi connectivity index (χ2n) is 6.61. The largest absolute Gasteiger partial charge is 0.437 e. The average molecular weight is 364 g/mol. The van der Waals surface area contributed by atoms with Crippen molar-refractivity contribution in [2.45, 2.75) is 25.7 Å². The van der Waals surface area contributed by atoms with Crippen LogP contribution >= 0.6 is 0 Å². The summed E-state index contributed by atoms with van der Waals surface area (Å²) < 4.78 is 10.8. The first kappa shape index (κ1) is 17.2. The van der Waals surface area contributed by atoms with Crippen LogP contribution in [-0.4, -0.2) is 39.0 Å². The van der Waals surface area contributed by atoms with Gasteiger partial charge in [-0.05, 0) is 31.9 Å². The third kappa shape index (κ3) is 3.97. The zero-order valence-electron chi connectivity index (χ0n) is 15.0. The van der Waals surface area contributed by atoms with Gasteiger partial charge in [0.05, 0.1) is 11.9 Å². The van der Waals surface area contributed by atoms with Gasteiger partial charge in [0.25, 0.3) is 5.91 Å². The van der Waals surface area contributed by atoms with Crippen LogP contribution in [-0.2, 0) is 0 Å². The van der Waals surface area contributed by atoms with E-state index in [2.05, 4.69) is 15.1 Å². The lowest BCUT2D eigenvalue weighted by Crippen LogP contribution is -2.39. The van der Waals surface area contributed by atoms with Crippen LogP contribution in [0.3, 0.4) is 0 Å². The fraction of sp³-hybridized carbons (Fsp3) is 0.300. The molecule has 1 aromatic carbocycles. The van der Waals surface area contributed by atoms with Crippen molar-refractivity contribution in [3.63, 3.8) is 0 Å². The first-order valence-electron chi connectivity index (χ1n) is 8.96. The summed E-state index contributed by atoms with van der Waals surface area (Å²) in [5, 5.41) is 3.84. The number of nitrogens with zero attached hydrogens (tertiary/aromatic N) is 4. The molecule has 1 fully saturated rings. The van der Waals surface area contributed by atoms with E-state index in [1.54, 1.807) is 30.3 Å². The van der Waals surface area contributed by atoms with Gasteiger partial charge in [0.2, 0.25) is 5.88 Å². The maximum absolute atomic E-state index is 12.6. The van der Waals surface area contributed by atoms with Crippen LogP contribution in [0.25, 0.3) is 0 Å². The smallest absolute Gasteiger partial charge is 0.276 e. The highest BCUT2D eigenvalue weighted by Gasteiger charge is 2.28. The van der Waals surface area contributed by atoms with Crippen LogP contribution in [0, 0.1) is 6.92 Å². The number of para-hydroxylation sites is 1. The topological polar surface area (TPSA) is 81.4 Å². The molecule has 0 unspecified atom stereocenters. The summed E-state index contributed by atoms with van der Waals surface area (Å²) in [4.78, 5) is 23.3. The van der Waals surface area contributed by atoms with Gasteiger partial charge in [0, 0.05) is 31.3 Å². The Kier molecular flexibility index (Phi) is 4.82. The number of rotatable bonds is 4. The van der Waals surface area contributed by atoms with Gasteiger partial charge >= 0.3 is 0 Å². The van der Waals surface area contributed by atoms with Crippen molar-refractivity contribution in [3.8, 4) is 11.6 Å². The zero-order chi connectivity index (χ0) is 18.6. The predicted molar refractivity (Wildman–Crippen MR) is 97.7 cm³/mol. The van der Waals surface area contributed by atoms with E-state index in [9.17, 15) is 4.79 Å². The highest BCUT2D eigenvalue weighted by atomic mass is 16.5. The van der Waals surface area contributed by atoms with Crippen molar-refractivity contribution in [2.75, 3.05) is 13.1 Å². The number of piperidine rings is 1. The van der Waals surface area contributed by atoms with Crippen LogP contribution in [0.15, 0.2) is 53.3 Å². The van der Waals surface area contributed by atoms with Gasteiger partial charge in [-0.25, -0.2) is 4.98 Å². The Balaban J connectivity index is 1.48. The highest BCUT2D eigenvalue weighted by Crippen LogP contribution is 2.28. The molecule has 0 saturated carbocycles. The van der Waals surface area contributed by atoms with Gasteiger partial charge in [-0.3, -0.25) is 9.78 Å². The standard InChI is InChI=1S/C20H20N4O3/c1-14-10-17(23-27-14)20(25)24-9-5-6-15(13-24)18-11-21-12-19(22-18)26-16-7-3-2-4-8-16/h2-4,7-8,10-12,15H,5-6,9,13H2,1H3/t15-/m0/s1. The maximum atomic E-state index is 12.6. The van der Waals surface area contributed by atoms with Crippen molar-refractivity contribution in [1.29, 1.82) is 0 Å². The molecule has 4 rings (SSSR count). The Hall–Kier alpha value is -3.22. The van der Waals surface area contributed by atoms with Gasteiger partial charge < -0.3 is 14.2 Å². The van der Waals surface area contributed by atoms with Crippen molar-refractivity contribution >= 4 is 5.91 Å². The minimum atomic E-state index is -0.110. The first-order chi connectivity index (χ1) is 13.2. The second kappa shape index (κ2) is 7.57. The molecule has 0 N–H and O–H groups in total. The molecule has 3 aromatic rings. The first-order valence-corrected chi connectivity index (χ1v) is 8.96. The fourth-order valence-corrected chi connectivity index (χ4v) is 3.25. The summed E-state index contributed by atoms with van der Waals surface area (Å²) in [7, 11) is 0. The van der Waals surface area contributed by atoms with E-state index in [0.29, 0.717) is 36.2 Å². The summed E-state index contributed by atoms with van der Waals surface area (Å²) >= 11 is 0. The van der Waals surface area contributed by atoms with Gasteiger partial charge in [-0.15, -0.1) is 0 Å². The Labute approximate surface area is 157 Å². The number of aryl methyl sites for hydroxylation is 1. The third-order valence-corrected chi connectivity index (χ3v) is 4.57. The number of amides is 1. The molecular formula is C20H20N4O3. The molecule has 27 heavy (non-hydrogen) atoms. The van der Waals surface area contributed by atoms with Crippen molar-refractivity contribution in [3.05, 3.63) is 65.9 Å².